The summed E-state index contributed by atoms with van der Waals surface area (Å²) in [4.78, 5) is 23.8. The summed E-state index contributed by atoms with van der Waals surface area (Å²) in [5.74, 6) is 0. The number of non-ortho nitro benzene ring substituents is 1. The Balaban J connectivity index is 1.53. The zero-order chi connectivity index (χ0) is 21.7. The number of ether oxygens (including phenoxy) is 1. The molecule has 160 valence electrons. The summed E-state index contributed by atoms with van der Waals surface area (Å²) in [5, 5.41) is 48.6. The highest BCUT2D eigenvalue weighted by Crippen LogP contribution is 2.38. The summed E-state index contributed by atoms with van der Waals surface area (Å²) in [5.41, 5.74) is 0.672. The lowest BCUT2D eigenvalue weighted by Gasteiger charge is -2.16. The molecule has 1 saturated heterocycles. The van der Waals surface area contributed by atoms with Crippen molar-refractivity contribution < 1.29 is 29.6 Å². The second kappa shape index (κ2) is 7.47. The molecule has 0 unspecified atom stereocenters. The van der Waals surface area contributed by atoms with Crippen molar-refractivity contribution >= 4 is 39.6 Å². The number of benzene rings is 1. The molecular weight excluding hydrogens is 434 g/mol. The van der Waals surface area contributed by atoms with Crippen LogP contribution in [0.1, 0.15) is 6.23 Å². The zero-order valence-electron chi connectivity index (χ0n) is 15.3. The minimum atomic E-state index is -1.30. The van der Waals surface area contributed by atoms with Crippen LogP contribution in [0.15, 0.2) is 39.3 Å². The molecule has 1 fully saturated rings. The first-order chi connectivity index (χ1) is 15.0. The number of nitrogens with zero attached hydrogens (tertiary/aromatic N) is 7. The van der Waals surface area contributed by atoms with E-state index in [1.807, 2.05) is 0 Å². The molecular formula is C16H13N7O7S. The Labute approximate surface area is 175 Å². The Bertz CT molecular complexity index is 1290. The summed E-state index contributed by atoms with van der Waals surface area (Å²) in [6, 6.07) is 2.80. The van der Waals surface area contributed by atoms with Crippen LogP contribution in [0.4, 0.5) is 5.69 Å². The minimum absolute atomic E-state index is 0.0114. The Morgan fingerprint density at radius 1 is 1.13 bits per heavy atom. The maximum atomic E-state index is 11.2. The number of aromatic nitrogens is 6. The fourth-order valence-electron chi connectivity index (χ4n) is 3.37. The summed E-state index contributed by atoms with van der Waals surface area (Å²) in [6.45, 7) is -0.459. The number of aliphatic hydroxyl groups excluding tert-OH is 3. The van der Waals surface area contributed by atoms with E-state index in [2.05, 4.69) is 29.9 Å². The van der Waals surface area contributed by atoms with Crippen LogP contribution in [0.3, 0.4) is 0 Å². The topological polar surface area (TPSA) is 196 Å². The fraction of sp³-hybridized carbons (Fsp3) is 0.312. The predicted molar refractivity (Wildman–Crippen MR) is 101 cm³/mol. The first-order valence-corrected chi connectivity index (χ1v) is 9.68. The summed E-state index contributed by atoms with van der Waals surface area (Å²) >= 11 is 1.13. The normalized spacial score (nSPS) is 23.7. The number of fused-ring (bicyclic) bond motifs is 2. The van der Waals surface area contributed by atoms with Gasteiger partial charge >= 0.3 is 5.69 Å². The largest absolute Gasteiger partial charge is 0.394 e. The van der Waals surface area contributed by atoms with Gasteiger partial charge in [-0.3, -0.25) is 14.7 Å². The van der Waals surface area contributed by atoms with Gasteiger partial charge in [-0.2, -0.15) is 0 Å². The average Bonchev–Trinajstić information content (AvgIpc) is 3.47. The van der Waals surface area contributed by atoms with E-state index in [0.717, 1.165) is 11.8 Å². The van der Waals surface area contributed by atoms with E-state index < -0.39 is 36.1 Å². The van der Waals surface area contributed by atoms with Crippen molar-refractivity contribution in [2.24, 2.45) is 0 Å². The van der Waals surface area contributed by atoms with E-state index >= 15 is 0 Å². The number of imidazole rings is 1. The van der Waals surface area contributed by atoms with Crippen LogP contribution in [-0.2, 0) is 4.74 Å². The van der Waals surface area contributed by atoms with Gasteiger partial charge in [-0.25, -0.2) is 19.6 Å². The van der Waals surface area contributed by atoms with Crippen molar-refractivity contribution in [3.63, 3.8) is 0 Å². The van der Waals surface area contributed by atoms with Gasteiger partial charge in [0.25, 0.3) is 0 Å². The van der Waals surface area contributed by atoms with Gasteiger partial charge in [-0.1, -0.05) is 11.8 Å². The SMILES string of the molecule is O=[N+]([O-])c1ccc(Sc2ncnc3c2ncn3[C@@H]2O[C@@H](CO)[C@@H](O)[C@H]2O)c2nonc12. The van der Waals surface area contributed by atoms with Crippen LogP contribution in [0, 0.1) is 10.1 Å². The van der Waals surface area contributed by atoms with Crippen LogP contribution >= 0.6 is 11.8 Å². The molecule has 4 aromatic rings. The number of hydrogen-bond donors (Lipinski definition) is 3. The quantitative estimate of drug-likeness (QED) is 0.211. The number of nitro groups is 1. The van der Waals surface area contributed by atoms with Gasteiger partial charge in [0.15, 0.2) is 17.4 Å². The molecule has 3 aromatic heterocycles. The molecule has 4 atom stereocenters. The van der Waals surface area contributed by atoms with Gasteiger partial charge in [-0.05, 0) is 16.4 Å². The zero-order valence-corrected chi connectivity index (χ0v) is 16.2. The highest BCUT2D eigenvalue weighted by Gasteiger charge is 2.44. The molecule has 15 heteroatoms. The number of nitro benzene ring substituents is 1. The van der Waals surface area contributed by atoms with Crippen LogP contribution in [0.2, 0.25) is 0 Å². The summed E-state index contributed by atoms with van der Waals surface area (Å²) < 4.78 is 11.7. The van der Waals surface area contributed by atoms with Gasteiger partial charge in [0, 0.05) is 11.0 Å². The van der Waals surface area contributed by atoms with Crippen LogP contribution in [0.25, 0.3) is 22.2 Å². The lowest BCUT2D eigenvalue weighted by Crippen LogP contribution is -2.33. The molecule has 1 aliphatic heterocycles. The van der Waals surface area contributed by atoms with Crippen molar-refractivity contribution in [2.45, 2.75) is 34.5 Å². The second-order valence-corrected chi connectivity index (χ2v) is 7.67. The van der Waals surface area contributed by atoms with E-state index in [1.54, 1.807) is 0 Å². The van der Waals surface area contributed by atoms with Crippen LogP contribution < -0.4 is 0 Å². The number of rotatable bonds is 5. The summed E-state index contributed by atoms with van der Waals surface area (Å²) in [6.07, 6.45) is -1.84. The molecule has 14 nitrogen and oxygen atoms in total. The van der Waals surface area contributed by atoms with E-state index in [9.17, 15) is 25.4 Å². The van der Waals surface area contributed by atoms with Crippen molar-refractivity contribution in [2.75, 3.05) is 6.61 Å². The molecule has 3 N–H and O–H groups in total. The molecule has 1 aromatic carbocycles. The van der Waals surface area contributed by atoms with Crippen molar-refractivity contribution in [3.05, 3.63) is 34.9 Å². The standard InChI is InChI=1S/C16H13N7O7S/c24-3-7-12(25)13(26)16(29-7)22-5-19-11-14(22)17-4-18-15(11)31-8-2-1-6(23(27)28)9-10(8)21-30-20-9/h1-2,4-5,7,12-13,16,24-26H,3H2/t7-,12+,13+,16+/m0/s1. The van der Waals surface area contributed by atoms with Crippen LogP contribution in [0.5, 0.6) is 0 Å². The molecule has 0 bridgehead atoms. The molecule has 0 spiro atoms. The van der Waals surface area contributed by atoms with Gasteiger partial charge in [0.05, 0.1) is 17.9 Å². The third-order valence-electron chi connectivity index (χ3n) is 4.88. The third kappa shape index (κ3) is 3.10. The van der Waals surface area contributed by atoms with Gasteiger partial charge in [0.1, 0.15) is 35.2 Å². The summed E-state index contributed by atoms with van der Waals surface area (Å²) in [7, 11) is 0. The number of hydrogen-bond acceptors (Lipinski definition) is 13. The second-order valence-electron chi connectivity index (χ2n) is 6.64. The van der Waals surface area contributed by atoms with E-state index in [-0.39, 0.29) is 16.7 Å². The van der Waals surface area contributed by atoms with Crippen LogP contribution in [-0.4, -0.2) is 75.0 Å². The third-order valence-corrected chi connectivity index (χ3v) is 5.92. The number of aliphatic hydroxyl groups is 3. The lowest BCUT2D eigenvalue weighted by atomic mass is 10.1. The smallest absolute Gasteiger partial charge is 0.300 e. The first-order valence-electron chi connectivity index (χ1n) is 8.87. The highest BCUT2D eigenvalue weighted by molar-refractivity contribution is 7.99. The van der Waals surface area contributed by atoms with Crippen molar-refractivity contribution in [3.8, 4) is 0 Å². The Kier molecular flexibility index (Phi) is 4.75. The molecule has 31 heavy (non-hydrogen) atoms. The van der Waals surface area contributed by atoms with E-state index in [1.165, 1.54) is 29.4 Å². The predicted octanol–water partition coefficient (Wildman–Crippen LogP) is 0.0334. The highest BCUT2D eigenvalue weighted by atomic mass is 32.2. The van der Waals surface area contributed by atoms with Gasteiger partial charge in [0.2, 0.25) is 5.52 Å². The minimum Gasteiger partial charge on any atom is -0.394 e. The Morgan fingerprint density at radius 2 is 1.94 bits per heavy atom. The van der Waals surface area contributed by atoms with E-state index in [0.29, 0.717) is 21.1 Å². The van der Waals surface area contributed by atoms with Gasteiger partial charge < -0.3 is 20.1 Å². The lowest BCUT2D eigenvalue weighted by molar-refractivity contribution is -0.383. The molecule has 0 amide bonds. The monoisotopic (exact) mass is 447 g/mol. The fourth-order valence-corrected chi connectivity index (χ4v) is 4.28. The Morgan fingerprint density at radius 3 is 2.68 bits per heavy atom. The maximum absolute atomic E-state index is 11.2. The van der Waals surface area contributed by atoms with E-state index in [4.69, 9.17) is 4.74 Å². The van der Waals surface area contributed by atoms with Crippen molar-refractivity contribution in [1.29, 1.82) is 0 Å². The van der Waals surface area contributed by atoms with Gasteiger partial charge in [-0.15, -0.1) is 0 Å². The first kappa shape index (κ1) is 19.7. The van der Waals surface area contributed by atoms with Crippen molar-refractivity contribution in [1.82, 2.24) is 29.8 Å². The Hall–Kier alpha value is -3.24. The molecule has 5 rings (SSSR count). The molecule has 0 saturated carbocycles. The maximum Gasteiger partial charge on any atom is 0.300 e. The molecule has 0 aliphatic carbocycles. The molecule has 0 radical (unpaired) electrons. The molecule has 4 heterocycles. The average molecular weight is 447 g/mol. The molecule has 1 aliphatic rings.